The molecule has 0 aliphatic carbocycles. The van der Waals surface area contributed by atoms with E-state index in [1.807, 2.05) is 26.2 Å². The van der Waals surface area contributed by atoms with Crippen molar-refractivity contribution in [3.05, 3.63) is 94.3 Å². The van der Waals surface area contributed by atoms with E-state index in [-0.39, 0.29) is 17.8 Å². The maximum atomic E-state index is 13.6. The Balaban J connectivity index is 1.60. The van der Waals surface area contributed by atoms with E-state index in [0.717, 1.165) is 27.9 Å². The van der Waals surface area contributed by atoms with Crippen LogP contribution in [0.1, 0.15) is 5.56 Å². The molecule has 0 aliphatic heterocycles. The minimum atomic E-state index is -1.56. The van der Waals surface area contributed by atoms with Crippen molar-refractivity contribution >= 4 is 12.0 Å². The van der Waals surface area contributed by atoms with E-state index < -0.39 is 23.0 Å². The Bertz CT molecular complexity index is 1390. The van der Waals surface area contributed by atoms with Crippen molar-refractivity contribution < 1.29 is 13.2 Å². The van der Waals surface area contributed by atoms with Gasteiger partial charge in [0.1, 0.15) is 5.69 Å². The third-order valence-corrected chi connectivity index (χ3v) is 4.74. The molecule has 0 radical (unpaired) electrons. The summed E-state index contributed by atoms with van der Waals surface area (Å²) in [6.45, 7) is 0.0951. The molecule has 4 rings (SSSR count). The summed E-state index contributed by atoms with van der Waals surface area (Å²) in [4.78, 5) is 27.1. The van der Waals surface area contributed by atoms with Crippen LogP contribution in [0.3, 0.4) is 0 Å². The highest BCUT2D eigenvalue weighted by molar-refractivity contribution is 5.61. The van der Waals surface area contributed by atoms with Crippen molar-refractivity contribution in [3.8, 4) is 22.6 Å². The van der Waals surface area contributed by atoms with E-state index in [4.69, 9.17) is 0 Å². The Hall–Kier alpha value is -4.34. The SMILES string of the molecule is CN(C)C=Nc1cnc(-c2cccc(Cn3nc(-c4cc(F)c(F)c(F)c4)ccc3=O)c2)nc1. The number of hydrogen-bond acceptors (Lipinski definition) is 5. The number of halogens is 3. The van der Waals surface area contributed by atoms with E-state index in [2.05, 4.69) is 20.1 Å². The molecule has 4 aromatic rings. The predicted molar refractivity (Wildman–Crippen MR) is 122 cm³/mol. The molecule has 7 nitrogen and oxygen atoms in total. The molecule has 0 atom stereocenters. The zero-order valence-corrected chi connectivity index (χ0v) is 18.3. The topological polar surface area (TPSA) is 76.3 Å². The summed E-state index contributed by atoms with van der Waals surface area (Å²) >= 11 is 0. The van der Waals surface area contributed by atoms with Gasteiger partial charge in [0, 0.05) is 31.3 Å². The number of rotatable bonds is 6. The molecule has 2 aromatic heterocycles. The summed E-state index contributed by atoms with van der Waals surface area (Å²) in [7, 11) is 3.71. The minimum Gasteiger partial charge on any atom is -0.369 e. The quantitative estimate of drug-likeness (QED) is 0.244. The van der Waals surface area contributed by atoms with Crippen molar-refractivity contribution in [1.29, 1.82) is 0 Å². The highest BCUT2D eigenvalue weighted by Crippen LogP contribution is 2.22. The Morgan fingerprint density at radius 1 is 0.971 bits per heavy atom. The van der Waals surface area contributed by atoms with Crippen LogP contribution in [0.5, 0.6) is 0 Å². The van der Waals surface area contributed by atoms with Crippen molar-refractivity contribution in [2.45, 2.75) is 6.54 Å². The molecule has 0 spiro atoms. The molecule has 172 valence electrons. The van der Waals surface area contributed by atoms with Crippen LogP contribution < -0.4 is 5.56 Å². The maximum Gasteiger partial charge on any atom is 0.267 e. The van der Waals surface area contributed by atoms with E-state index in [1.165, 1.54) is 12.1 Å². The number of aliphatic imine (C=N–C) groups is 1. The Morgan fingerprint density at radius 2 is 1.68 bits per heavy atom. The average Bonchev–Trinajstić information content (AvgIpc) is 2.83. The van der Waals surface area contributed by atoms with Gasteiger partial charge >= 0.3 is 0 Å². The first-order chi connectivity index (χ1) is 16.3. The lowest BCUT2D eigenvalue weighted by Crippen LogP contribution is -2.22. The summed E-state index contributed by atoms with van der Waals surface area (Å²) in [5, 5.41) is 4.20. The standard InChI is InChI=1S/C24H19F3N6O/c1-32(2)14-30-18-11-28-24(29-12-18)16-5-3-4-15(8-16)13-33-22(34)7-6-21(31-33)17-9-19(25)23(27)20(26)10-17/h3-12,14H,13H2,1-2H3. The van der Waals surface area contributed by atoms with Gasteiger partial charge in [0.05, 0.1) is 31.0 Å². The van der Waals surface area contributed by atoms with E-state index in [0.29, 0.717) is 11.5 Å². The van der Waals surface area contributed by atoms with Crippen LogP contribution in [-0.4, -0.2) is 45.1 Å². The molecular formula is C24H19F3N6O. The van der Waals surface area contributed by atoms with Gasteiger partial charge in [-0.2, -0.15) is 5.10 Å². The zero-order chi connectivity index (χ0) is 24.2. The summed E-state index contributed by atoms with van der Waals surface area (Å²) < 4.78 is 41.7. The third kappa shape index (κ3) is 5.17. The van der Waals surface area contributed by atoms with Crippen LogP contribution in [0.4, 0.5) is 18.9 Å². The molecule has 0 bridgehead atoms. The monoisotopic (exact) mass is 464 g/mol. The lowest BCUT2D eigenvalue weighted by Gasteiger charge is -2.09. The van der Waals surface area contributed by atoms with Gasteiger partial charge in [0.15, 0.2) is 23.3 Å². The first-order valence-corrected chi connectivity index (χ1v) is 10.2. The summed E-state index contributed by atoms with van der Waals surface area (Å²) in [5.74, 6) is -3.74. The molecular weight excluding hydrogens is 445 g/mol. The van der Waals surface area contributed by atoms with Crippen molar-refractivity contribution in [3.63, 3.8) is 0 Å². The van der Waals surface area contributed by atoms with E-state index >= 15 is 0 Å². The highest BCUT2D eigenvalue weighted by atomic mass is 19.2. The van der Waals surface area contributed by atoms with Gasteiger partial charge in [-0.3, -0.25) is 4.79 Å². The third-order valence-electron chi connectivity index (χ3n) is 4.74. The highest BCUT2D eigenvalue weighted by Gasteiger charge is 2.13. The molecule has 0 aliphatic rings. The first-order valence-electron chi connectivity index (χ1n) is 10.2. The fourth-order valence-electron chi connectivity index (χ4n) is 3.12. The van der Waals surface area contributed by atoms with Crippen LogP contribution >= 0.6 is 0 Å². The van der Waals surface area contributed by atoms with Gasteiger partial charge in [0.25, 0.3) is 5.56 Å². The lowest BCUT2D eigenvalue weighted by molar-refractivity contribution is 0.447. The molecule has 0 fully saturated rings. The Labute approximate surface area is 192 Å². The predicted octanol–water partition coefficient (Wildman–Crippen LogP) is 4.05. The average molecular weight is 464 g/mol. The van der Waals surface area contributed by atoms with Crippen LogP contribution in [0.2, 0.25) is 0 Å². The van der Waals surface area contributed by atoms with Crippen molar-refractivity contribution in [2.24, 2.45) is 4.99 Å². The Kier molecular flexibility index (Phi) is 6.48. The van der Waals surface area contributed by atoms with Crippen molar-refractivity contribution in [1.82, 2.24) is 24.6 Å². The molecule has 10 heteroatoms. The van der Waals surface area contributed by atoms with Crippen molar-refractivity contribution in [2.75, 3.05) is 14.1 Å². The second kappa shape index (κ2) is 9.65. The second-order valence-corrected chi connectivity index (χ2v) is 7.64. The molecule has 2 heterocycles. The van der Waals surface area contributed by atoms with Crippen LogP contribution in [0.15, 0.2) is 70.7 Å². The summed E-state index contributed by atoms with van der Waals surface area (Å²) in [6, 6.07) is 11.5. The van der Waals surface area contributed by atoms with Gasteiger partial charge in [0.2, 0.25) is 0 Å². The fraction of sp³-hybridized carbons (Fsp3) is 0.125. The normalized spacial score (nSPS) is 11.2. The second-order valence-electron chi connectivity index (χ2n) is 7.64. The fourth-order valence-corrected chi connectivity index (χ4v) is 3.12. The van der Waals surface area contributed by atoms with Crippen LogP contribution in [0, 0.1) is 17.5 Å². The summed E-state index contributed by atoms with van der Waals surface area (Å²) in [6.07, 6.45) is 4.85. The minimum absolute atomic E-state index is 0.0179. The molecule has 0 N–H and O–H groups in total. The zero-order valence-electron chi connectivity index (χ0n) is 18.3. The molecule has 0 amide bonds. The lowest BCUT2D eigenvalue weighted by atomic mass is 10.1. The maximum absolute atomic E-state index is 13.6. The van der Waals surface area contributed by atoms with Gasteiger partial charge in [-0.25, -0.2) is 32.8 Å². The van der Waals surface area contributed by atoms with Crippen LogP contribution in [-0.2, 0) is 6.54 Å². The number of hydrogen-bond donors (Lipinski definition) is 0. The number of aromatic nitrogens is 4. The van der Waals surface area contributed by atoms with Gasteiger partial charge in [-0.05, 0) is 29.8 Å². The Morgan fingerprint density at radius 3 is 2.35 bits per heavy atom. The van der Waals surface area contributed by atoms with Gasteiger partial charge < -0.3 is 4.90 Å². The first kappa shape index (κ1) is 22.8. The largest absolute Gasteiger partial charge is 0.369 e. The molecule has 0 saturated carbocycles. The number of nitrogens with zero attached hydrogens (tertiary/aromatic N) is 6. The molecule has 0 saturated heterocycles. The summed E-state index contributed by atoms with van der Waals surface area (Å²) in [5.41, 5.74) is 1.81. The van der Waals surface area contributed by atoms with Gasteiger partial charge in [-0.15, -0.1) is 0 Å². The molecule has 2 aromatic carbocycles. The molecule has 0 unspecified atom stereocenters. The van der Waals surface area contributed by atoms with Crippen LogP contribution in [0.25, 0.3) is 22.6 Å². The smallest absolute Gasteiger partial charge is 0.267 e. The molecule has 34 heavy (non-hydrogen) atoms. The van der Waals surface area contributed by atoms with E-state index in [1.54, 1.807) is 35.8 Å². The number of benzene rings is 2. The van der Waals surface area contributed by atoms with Gasteiger partial charge in [-0.1, -0.05) is 18.2 Å². The van der Waals surface area contributed by atoms with E-state index in [9.17, 15) is 18.0 Å².